The van der Waals surface area contributed by atoms with Crippen LogP contribution in [0.25, 0.3) is 0 Å². The molecule has 0 atom stereocenters. The lowest BCUT2D eigenvalue weighted by Crippen LogP contribution is -2.45. The Labute approximate surface area is 126 Å². The van der Waals surface area contributed by atoms with Gasteiger partial charge in [0.25, 0.3) is 5.91 Å². The van der Waals surface area contributed by atoms with Crippen molar-refractivity contribution in [2.24, 2.45) is 0 Å². The topological polar surface area (TPSA) is 73.6 Å². The molecular formula is C15H25N5O. The number of nitrogens with zero attached hydrogens (tertiary/aromatic N) is 2. The standard InChI is InChI=1S/C15H25N5O/c1-17-15(21)13-4-3-12(16)11-14(13)18-5-6-20-9-7-19(2)8-10-20/h3-4,11,18H,5-10,16H2,1-2H3,(H,17,21). The smallest absolute Gasteiger partial charge is 0.253 e. The monoisotopic (exact) mass is 291 g/mol. The van der Waals surface area contributed by atoms with E-state index >= 15 is 0 Å². The van der Waals surface area contributed by atoms with E-state index in [2.05, 4.69) is 27.5 Å². The van der Waals surface area contributed by atoms with Gasteiger partial charge in [-0.2, -0.15) is 0 Å². The summed E-state index contributed by atoms with van der Waals surface area (Å²) >= 11 is 0. The summed E-state index contributed by atoms with van der Waals surface area (Å²) in [6.45, 7) is 6.19. The number of benzene rings is 1. The van der Waals surface area contributed by atoms with Crippen LogP contribution in [0.15, 0.2) is 18.2 Å². The molecule has 0 spiro atoms. The summed E-state index contributed by atoms with van der Waals surface area (Å²) in [5.74, 6) is -0.0999. The predicted octanol–water partition coefficient (Wildman–Crippen LogP) is 0.288. The van der Waals surface area contributed by atoms with Crippen LogP contribution < -0.4 is 16.4 Å². The molecular weight excluding hydrogens is 266 g/mol. The number of rotatable bonds is 5. The molecule has 116 valence electrons. The molecule has 1 saturated heterocycles. The summed E-state index contributed by atoms with van der Waals surface area (Å²) in [7, 11) is 3.78. The first-order chi connectivity index (χ1) is 10.1. The molecule has 4 N–H and O–H groups in total. The second-order valence-electron chi connectivity index (χ2n) is 5.46. The van der Waals surface area contributed by atoms with Gasteiger partial charge < -0.3 is 21.3 Å². The number of carbonyl (C=O) groups is 1. The Morgan fingerprint density at radius 3 is 2.67 bits per heavy atom. The van der Waals surface area contributed by atoms with Gasteiger partial charge in [0.1, 0.15) is 0 Å². The molecule has 0 aliphatic carbocycles. The SMILES string of the molecule is CNC(=O)c1ccc(N)cc1NCCN1CCN(C)CC1. The van der Waals surface area contributed by atoms with Crippen LogP contribution >= 0.6 is 0 Å². The molecule has 0 bridgehead atoms. The number of nitrogens with one attached hydrogen (secondary N) is 2. The average Bonchev–Trinajstić information content (AvgIpc) is 2.49. The molecule has 2 rings (SSSR count). The highest BCUT2D eigenvalue weighted by molar-refractivity contribution is 6.00. The lowest BCUT2D eigenvalue weighted by atomic mass is 10.1. The first-order valence-electron chi connectivity index (χ1n) is 7.36. The molecule has 21 heavy (non-hydrogen) atoms. The number of anilines is 2. The van der Waals surface area contributed by atoms with E-state index in [9.17, 15) is 4.79 Å². The van der Waals surface area contributed by atoms with Gasteiger partial charge in [0, 0.05) is 57.7 Å². The van der Waals surface area contributed by atoms with Gasteiger partial charge in [-0.1, -0.05) is 0 Å². The van der Waals surface area contributed by atoms with Crippen LogP contribution in [-0.2, 0) is 0 Å². The molecule has 1 aromatic rings. The van der Waals surface area contributed by atoms with E-state index in [4.69, 9.17) is 5.73 Å². The Hall–Kier alpha value is -1.79. The molecule has 6 nitrogen and oxygen atoms in total. The van der Waals surface area contributed by atoms with Gasteiger partial charge in [0.05, 0.1) is 5.56 Å². The quantitative estimate of drug-likeness (QED) is 0.680. The fourth-order valence-corrected chi connectivity index (χ4v) is 2.46. The van der Waals surface area contributed by atoms with Crippen LogP contribution in [-0.4, -0.2) is 69.1 Å². The highest BCUT2D eigenvalue weighted by Crippen LogP contribution is 2.19. The minimum atomic E-state index is -0.0999. The van der Waals surface area contributed by atoms with Gasteiger partial charge in [0.15, 0.2) is 0 Å². The van der Waals surface area contributed by atoms with E-state index < -0.39 is 0 Å². The fraction of sp³-hybridized carbons (Fsp3) is 0.533. The molecule has 1 aliphatic heterocycles. The number of nitrogen functional groups attached to an aromatic ring is 1. The van der Waals surface area contributed by atoms with Crippen molar-refractivity contribution < 1.29 is 4.79 Å². The van der Waals surface area contributed by atoms with Crippen molar-refractivity contribution >= 4 is 17.3 Å². The zero-order valence-corrected chi connectivity index (χ0v) is 12.9. The number of hydrogen-bond acceptors (Lipinski definition) is 5. The van der Waals surface area contributed by atoms with E-state index in [0.29, 0.717) is 11.3 Å². The Bertz CT molecular complexity index is 483. The van der Waals surface area contributed by atoms with Gasteiger partial charge >= 0.3 is 0 Å². The Morgan fingerprint density at radius 1 is 1.29 bits per heavy atom. The number of carbonyl (C=O) groups excluding carboxylic acids is 1. The van der Waals surface area contributed by atoms with Gasteiger partial charge in [-0.3, -0.25) is 9.69 Å². The Balaban J connectivity index is 1.90. The van der Waals surface area contributed by atoms with E-state index in [-0.39, 0.29) is 5.91 Å². The molecule has 0 aromatic heterocycles. The maximum atomic E-state index is 11.8. The minimum absolute atomic E-state index is 0.0999. The van der Waals surface area contributed by atoms with Crippen LogP contribution in [0, 0.1) is 0 Å². The van der Waals surface area contributed by atoms with Gasteiger partial charge in [-0.05, 0) is 25.2 Å². The van der Waals surface area contributed by atoms with Crippen molar-refractivity contribution in [3.05, 3.63) is 23.8 Å². The summed E-state index contributed by atoms with van der Waals surface area (Å²) in [6.07, 6.45) is 0. The zero-order chi connectivity index (χ0) is 15.2. The fourth-order valence-electron chi connectivity index (χ4n) is 2.46. The predicted molar refractivity (Wildman–Crippen MR) is 86.7 cm³/mol. The minimum Gasteiger partial charge on any atom is -0.399 e. The maximum Gasteiger partial charge on any atom is 0.253 e. The number of hydrogen-bond donors (Lipinski definition) is 3. The summed E-state index contributed by atoms with van der Waals surface area (Å²) in [5.41, 5.74) is 7.89. The molecule has 1 amide bonds. The van der Waals surface area contributed by atoms with Crippen LogP contribution in [0.5, 0.6) is 0 Å². The Kier molecular flexibility index (Phi) is 5.41. The number of likely N-dealkylation sites (N-methyl/N-ethyl adjacent to an activating group) is 1. The van der Waals surface area contributed by atoms with E-state index in [1.54, 1.807) is 19.2 Å². The lowest BCUT2D eigenvalue weighted by Gasteiger charge is -2.32. The number of nitrogens with two attached hydrogens (primary N) is 1. The second kappa shape index (κ2) is 7.28. The normalized spacial score (nSPS) is 16.7. The molecule has 1 heterocycles. The molecule has 0 unspecified atom stereocenters. The zero-order valence-electron chi connectivity index (χ0n) is 12.9. The van der Waals surface area contributed by atoms with Crippen molar-refractivity contribution in [2.45, 2.75) is 0 Å². The van der Waals surface area contributed by atoms with Crippen LogP contribution in [0.2, 0.25) is 0 Å². The van der Waals surface area contributed by atoms with Crippen molar-refractivity contribution in [2.75, 3.05) is 64.4 Å². The van der Waals surface area contributed by atoms with Gasteiger partial charge in [-0.25, -0.2) is 0 Å². The molecule has 0 radical (unpaired) electrons. The molecule has 0 saturated carbocycles. The maximum absolute atomic E-state index is 11.8. The number of piperazine rings is 1. The summed E-state index contributed by atoms with van der Waals surface area (Å²) in [6, 6.07) is 5.32. The van der Waals surface area contributed by atoms with Gasteiger partial charge in [0.2, 0.25) is 0 Å². The van der Waals surface area contributed by atoms with Crippen molar-refractivity contribution in [1.29, 1.82) is 0 Å². The van der Waals surface area contributed by atoms with Crippen LogP contribution in [0.1, 0.15) is 10.4 Å². The highest BCUT2D eigenvalue weighted by atomic mass is 16.1. The molecule has 1 aromatic carbocycles. The van der Waals surface area contributed by atoms with E-state index in [0.717, 1.165) is 45.0 Å². The molecule has 1 fully saturated rings. The molecule has 1 aliphatic rings. The van der Waals surface area contributed by atoms with Crippen LogP contribution in [0.3, 0.4) is 0 Å². The average molecular weight is 291 g/mol. The third-order valence-corrected chi connectivity index (χ3v) is 3.85. The Morgan fingerprint density at radius 2 is 2.00 bits per heavy atom. The highest BCUT2D eigenvalue weighted by Gasteiger charge is 2.14. The van der Waals surface area contributed by atoms with Crippen LogP contribution in [0.4, 0.5) is 11.4 Å². The summed E-state index contributed by atoms with van der Waals surface area (Å²) < 4.78 is 0. The van der Waals surface area contributed by atoms with Crippen molar-refractivity contribution in [3.63, 3.8) is 0 Å². The van der Waals surface area contributed by atoms with Crippen molar-refractivity contribution in [3.8, 4) is 0 Å². The van der Waals surface area contributed by atoms with E-state index in [1.165, 1.54) is 0 Å². The lowest BCUT2D eigenvalue weighted by molar-refractivity contribution is 0.0964. The summed E-state index contributed by atoms with van der Waals surface area (Å²) in [5, 5.41) is 5.98. The van der Waals surface area contributed by atoms with E-state index in [1.807, 2.05) is 6.07 Å². The number of amides is 1. The third-order valence-electron chi connectivity index (χ3n) is 3.85. The second-order valence-corrected chi connectivity index (χ2v) is 5.46. The van der Waals surface area contributed by atoms with Gasteiger partial charge in [-0.15, -0.1) is 0 Å². The first-order valence-corrected chi connectivity index (χ1v) is 7.36. The summed E-state index contributed by atoms with van der Waals surface area (Å²) in [4.78, 5) is 16.6. The first kappa shape index (κ1) is 15.6. The van der Waals surface area contributed by atoms with Crippen molar-refractivity contribution in [1.82, 2.24) is 15.1 Å². The third kappa shape index (κ3) is 4.34. The largest absolute Gasteiger partial charge is 0.399 e. The molecule has 6 heteroatoms.